The lowest BCUT2D eigenvalue weighted by Crippen LogP contribution is -2.54. The molecule has 10 nitrogen and oxygen atoms in total. The summed E-state index contributed by atoms with van der Waals surface area (Å²) in [5.41, 5.74) is 1.63. The lowest BCUT2D eigenvalue weighted by atomic mass is 10.0. The molecular formula is C21H27N5O5S. The minimum atomic E-state index is -1.18. The second-order valence-electron chi connectivity index (χ2n) is 7.63. The van der Waals surface area contributed by atoms with Crippen molar-refractivity contribution in [2.75, 3.05) is 18.8 Å². The number of aromatic amines is 1. The van der Waals surface area contributed by atoms with Crippen LogP contribution in [0.3, 0.4) is 0 Å². The number of benzene rings is 1. The van der Waals surface area contributed by atoms with Crippen LogP contribution in [0.4, 0.5) is 0 Å². The van der Waals surface area contributed by atoms with Crippen LogP contribution in [-0.2, 0) is 25.6 Å². The Balaban J connectivity index is 1.51. The van der Waals surface area contributed by atoms with Gasteiger partial charge in [0, 0.05) is 29.3 Å². The Morgan fingerprint density at radius 3 is 2.62 bits per heavy atom. The van der Waals surface area contributed by atoms with E-state index in [4.69, 9.17) is 0 Å². The summed E-state index contributed by atoms with van der Waals surface area (Å²) in [6, 6.07) is 5.07. The van der Waals surface area contributed by atoms with E-state index in [1.165, 1.54) is 0 Å². The highest BCUT2D eigenvalue weighted by Crippen LogP contribution is 2.19. The van der Waals surface area contributed by atoms with Crippen LogP contribution in [0, 0.1) is 0 Å². The Morgan fingerprint density at radius 2 is 1.94 bits per heavy atom. The summed E-state index contributed by atoms with van der Waals surface area (Å²) in [6.45, 7) is 0.331. The molecule has 1 aromatic carbocycles. The van der Waals surface area contributed by atoms with Crippen molar-refractivity contribution in [3.05, 3.63) is 36.0 Å². The molecule has 1 fully saturated rings. The lowest BCUT2D eigenvalue weighted by Gasteiger charge is -2.19. The van der Waals surface area contributed by atoms with Crippen molar-refractivity contribution < 1.29 is 24.3 Å². The number of aliphatic carboxylic acids is 1. The quantitative estimate of drug-likeness (QED) is 0.238. The maximum Gasteiger partial charge on any atom is 0.326 e. The first-order valence-electron chi connectivity index (χ1n) is 10.4. The summed E-state index contributed by atoms with van der Waals surface area (Å²) in [5, 5.41) is 20.9. The Morgan fingerprint density at radius 1 is 1.16 bits per heavy atom. The van der Waals surface area contributed by atoms with Crippen molar-refractivity contribution in [2.45, 2.75) is 37.4 Å². The largest absolute Gasteiger partial charge is 0.480 e. The van der Waals surface area contributed by atoms with Gasteiger partial charge in [0.05, 0.1) is 12.6 Å². The Labute approximate surface area is 190 Å². The Hall–Kier alpha value is -3.05. The first kappa shape index (κ1) is 23.6. The number of thiol groups is 1. The van der Waals surface area contributed by atoms with Crippen LogP contribution in [-0.4, -0.2) is 70.7 Å². The normalized spacial score (nSPS) is 17.5. The smallest absolute Gasteiger partial charge is 0.326 e. The Bertz CT molecular complexity index is 988. The number of amides is 3. The number of H-pyrrole nitrogens is 1. The summed E-state index contributed by atoms with van der Waals surface area (Å²) in [7, 11) is 0. The monoisotopic (exact) mass is 461 g/mol. The molecule has 11 heteroatoms. The molecule has 1 aliphatic heterocycles. The molecule has 0 bridgehead atoms. The van der Waals surface area contributed by atoms with E-state index >= 15 is 0 Å². The fourth-order valence-corrected chi connectivity index (χ4v) is 3.89. The van der Waals surface area contributed by atoms with Gasteiger partial charge in [-0.1, -0.05) is 18.2 Å². The zero-order valence-corrected chi connectivity index (χ0v) is 18.3. The minimum absolute atomic E-state index is 0.0597. The third kappa shape index (κ3) is 6.01. The molecule has 3 atom stereocenters. The number of aromatic nitrogens is 1. The van der Waals surface area contributed by atoms with Gasteiger partial charge in [-0.3, -0.25) is 14.4 Å². The van der Waals surface area contributed by atoms with Gasteiger partial charge in [-0.25, -0.2) is 4.79 Å². The molecule has 0 aliphatic carbocycles. The number of carbonyl (C=O) groups excluding carboxylic acids is 3. The summed E-state index contributed by atoms with van der Waals surface area (Å²) in [6.07, 6.45) is 3.39. The highest BCUT2D eigenvalue weighted by molar-refractivity contribution is 7.80. The van der Waals surface area contributed by atoms with Crippen molar-refractivity contribution >= 4 is 47.2 Å². The van der Waals surface area contributed by atoms with E-state index in [2.05, 4.69) is 38.9 Å². The fraction of sp³-hybridized carbons (Fsp3) is 0.429. The molecule has 3 unspecified atom stereocenters. The van der Waals surface area contributed by atoms with Gasteiger partial charge in [0.1, 0.15) is 12.1 Å². The molecule has 1 aliphatic rings. The highest BCUT2D eigenvalue weighted by atomic mass is 32.1. The van der Waals surface area contributed by atoms with Gasteiger partial charge in [-0.2, -0.15) is 12.6 Å². The molecule has 1 saturated heterocycles. The number of fused-ring (bicyclic) bond motifs is 1. The van der Waals surface area contributed by atoms with Gasteiger partial charge >= 0.3 is 5.97 Å². The number of para-hydroxylation sites is 1. The average Bonchev–Trinajstić information content (AvgIpc) is 3.46. The van der Waals surface area contributed by atoms with Crippen LogP contribution in [0.15, 0.2) is 30.5 Å². The van der Waals surface area contributed by atoms with Crippen LogP contribution in [0.1, 0.15) is 18.4 Å². The summed E-state index contributed by atoms with van der Waals surface area (Å²) in [4.78, 5) is 51.6. The van der Waals surface area contributed by atoms with E-state index in [0.717, 1.165) is 29.4 Å². The first-order chi connectivity index (χ1) is 15.4. The molecule has 1 aromatic heterocycles. The summed E-state index contributed by atoms with van der Waals surface area (Å²) in [5.74, 6) is -2.62. The molecule has 3 rings (SSSR count). The predicted molar refractivity (Wildman–Crippen MR) is 121 cm³/mol. The molecular weight excluding hydrogens is 434 g/mol. The average molecular weight is 462 g/mol. The van der Waals surface area contributed by atoms with E-state index in [9.17, 15) is 24.3 Å². The molecule has 0 saturated carbocycles. The second-order valence-corrected chi connectivity index (χ2v) is 8.00. The zero-order chi connectivity index (χ0) is 23.1. The summed E-state index contributed by atoms with van der Waals surface area (Å²) < 4.78 is 0. The van der Waals surface area contributed by atoms with E-state index in [-0.39, 0.29) is 24.1 Å². The van der Waals surface area contributed by atoms with Crippen molar-refractivity contribution in [3.63, 3.8) is 0 Å². The molecule has 3 amide bonds. The number of hydrogen-bond donors (Lipinski definition) is 7. The number of nitrogens with one attached hydrogen (secondary N) is 5. The molecule has 0 radical (unpaired) electrons. The van der Waals surface area contributed by atoms with Gasteiger partial charge < -0.3 is 31.4 Å². The number of carboxylic acid groups (broad SMARTS) is 1. The first-order valence-corrected chi connectivity index (χ1v) is 11.0. The maximum absolute atomic E-state index is 12.4. The standard InChI is InChI=1S/C21H27N5O5S/c27-18(10-24-19(28)17(11-32)26-20(29)15-6-3-7-22-15)25-16(21(30)31)8-12-9-23-14-5-2-1-4-13(12)14/h1-2,4-5,9,15-17,22-23,32H,3,6-8,10-11H2,(H,24,28)(H,25,27)(H,26,29)(H,30,31). The van der Waals surface area contributed by atoms with Gasteiger partial charge in [-0.05, 0) is 31.0 Å². The third-order valence-electron chi connectivity index (χ3n) is 5.35. The molecule has 0 spiro atoms. The molecule has 32 heavy (non-hydrogen) atoms. The van der Waals surface area contributed by atoms with E-state index < -0.39 is 36.4 Å². The number of carboxylic acids is 1. The third-order valence-corrected chi connectivity index (χ3v) is 5.71. The number of carbonyl (C=O) groups is 4. The van der Waals surface area contributed by atoms with Crippen molar-refractivity contribution in [1.29, 1.82) is 0 Å². The molecule has 6 N–H and O–H groups in total. The minimum Gasteiger partial charge on any atom is -0.480 e. The molecule has 172 valence electrons. The van der Waals surface area contributed by atoms with Gasteiger partial charge in [-0.15, -0.1) is 0 Å². The van der Waals surface area contributed by atoms with Crippen LogP contribution < -0.4 is 21.3 Å². The predicted octanol–water partition coefficient (Wildman–Crippen LogP) is -0.437. The Kier molecular flexibility index (Phi) is 8.12. The van der Waals surface area contributed by atoms with Crippen LogP contribution >= 0.6 is 12.6 Å². The van der Waals surface area contributed by atoms with Crippen LogP contribution in [0.25, 0.3) is 10.9 Å². The van der Waals surface area contributed by atoms with Crippen molar-refractivity contribution in [1.82, 2.24) is 26.3 Å². The highest BCUT2D eigenvalue weighted by Gasteiger charge is 2.27. The second kappa shape index (κ2) is 11.0. The van der Waals surface area contributed by atoms with E-state index in [0.29, 0.717) is 6.42 Å². The van der Waals surface area contributed by atoms with Crippen LogP contribution in [0.2, 0.25) is 0 Å². The van der Waals surface area contributed by atoms with E-state index in [1.54, 1.807) is 6.20 Å². The van der Waals surface area contributed by atoms with Gasteiger partial charge in [0.2, 0.25) is 17.7 Å². The van der Waals surface area contributed by atoms with E-state index in [1.807, 2.05) is 24.3 Å². The SMILES string of the molecule is O=C(CNC(=O)C(CS)NC(=O)C1CCCN1)NC(Cc1c[nH]c2ccccc12)C(=O)O. The van der Waals surface area contributed by atoms with Crippen LogP contribution in [0.5, 0.6) is 0 Å². The number of hydrogen-bond acceptors (Lipinski definition) is 6. The maximum atomic E-state index is 12.4. The summed E-state index contributed by atoms with van der Waals surface area (Å²) >= 11 is 4.10. The van der Waals surface area contributed by atoms with Gasteiger partial charge in [0.15, 0.2) is 0 Å². The van der Waals surface area contributed by atoms with Crippen molar-refractivity contribution in [2.24, 2.45) is 0 Å². The molecule has 2 aromatic rings. The lowest BCUT2D eigenvalue weighted by molar-refractivity contribution is -0.141. The number of rotatable bonds is 10. The topological polar surface area (TPSA) is 152 Å². The fourth-order valence-electron chi connectivity index (χ4n) is 3.63. The zero-order valence-electron chi connectivity index (χ0n) is 17.4. The molecule has 2 heterocycles. The van der Waals surface area contributed by atoms with Gasteiger partial charge in [0.25, 0.3) is 0 Å². The van der Waals surface area contributed by atoms with Crippen molar-refractivity contribution in [3.8, 4) is 0 Å².